The van der Waals surface area contributed by atoms with Crippen LogP contribution in [0.3, 0.4) is 0 Å². The maximum atomic E-state index is 13.0. The smallest absolute Gasteiger partial charge is 0.266 e. The summed E-state index contributed by atoms with van der Waals surface area (Å²) in [5.74, 6) is 1.37. The Labute approximate surface area is 205 Å². The van der Waals surface area contributed by atoms with Crippen LogP contribution in [0.15, 0.2) is 82.4 Å². The van der Waals surface area contributed by atoms with Crippen LogP contribution in [0.25, 0.3) is 17.0 Å². The van der Waals surface area contributed by atoms with Gasteiger partial charge in [0, 0.05) is 27.7 Å². The molecule has 1 amide bonds. The summed E-state index contributed by atoms with van der Waals surface area (Å²) in [6.07, 6.45) is 5.56. The zero-order valence-corrected chi connectivity index (χ0v) is 19.8. The van der Waals surface area contributed by atoms with Gasteiger partial charge >= 0.3 is 0 Å². The van der Waals surface area contributed by atoms with Crippen molar-refractivity contribution in [3.05, 3.63) is 94.4 Å². The number of ether oxygens (including phenoxy) is 1. The molecule has 0 spiro atoms. The van der Waals surface area contributed by atoms with Crippen molar-refractivity contribution in [1.29, 1.82) is 0 Å². The predicted octanol–water partition coefficient (Wildman–Crippen LogP) is 6.37. The van der Waals surface area contributed by atoms with E-state index in [9.17, 15) is 4.79 Å². The van der Waals surface area contributed by atoms with E-state index in [0.717, 1.165) is 22.2 Å². The molecule has 4 aromatic rings. The van der Waals surface area contributed by atoms with E-state index < -0.39 is 0 Å². The lowest BCUT2D eigenvalue weighted by Crippen LogP contribution is -2.27. The molecule has 0 N–H and O–H groups in total. The number of amides is 1. The second-order valence-electron chi connectivity index (χ2n) is 7.44. The van der Waals surface area contributed by atoms with Gasteiger partial charge in [-0.15, -0.1) is 0 Å². The number of aromatic nitrogens is 1. The third kappa shape index (κ3) is 4.71. The van der Waals surface area contributed by atoms with E-state index in [-0.39, 0.29) is 5.91 Å². The normalized spacial score (nSPS) is 15.2. The molecule has 1 aliphatic rings. The summed E-state index contributed by atoms with van der Waals surface area (Å²) in [6, 6.07) is 19.1. The third-order valence-corrected chi connectivity index (χ3v) is 6.92. The molecule has 5 nitrogen and oxygen atoms in total. The maximum absolute atomic E-state index is 13.0. The third-order valence-electron chi connectivity index (χ3n) is 5.29. The lowest BCUT2D eigenvalue weighted by molar-refractivity contribution is -0.122. The van der Waals surface area contributed by atoms with Crippen LogP contribution in [0.5, 0.6) is 5.75 Å². The minimum atomic E-state index is -0.107. The molecule has 2 aromatic heterocycles. The molecule has 5 rings (SSSR count). The molecule has 2 aromatic carbocycles. The Bertz CT molecular complexity index is 1340. The highest BCUT2D eigenvalue weighted by atomic mass is 35.5. The van der Waals surface area contributed by atoms with Crippen LogP contribution in [0.1, 0.15) is 11.3 Å². The Balaban J connectivity index is 1.36. The number of carbonyl (C=O) groups is 1. The molecule has 0 atom stereocenters. The lowest BCUT2D eigenvalue weighted by Gasteiger charge is -2.11. The van der Waals surface area contributed by atoms with Crippen molar-refractivity contribution >= 4 is 62.8 Å². The van der Waals surface area contributed by atoms with Gasteiger partial charge in [-0.1, -0.05) is 53.8 Å². The number of halogens is 1. The Hall–Kier alpha value is -3.00. The first-order valence-electron chi connectivity index (χ1n) is 10.3. The highest BCUT2D eigenvalue weighted by Gasteiger charge is 2.32. The summed E-state index contributed by atoms with van der Waals surface area (Å²) in [6.45, 7) is 1.50. The average Bonchev–Trinajstić information content (AvgIpc) is 3.52. The molecule has 1 saturated heterocycles. The molecule has 0 unspecified atom stereocenters. The minimum absolute atomic E-state index is 0.107. The number of benzene rings is 2. The van der Waals surface area contributed by atoms with E-state index in [1.54, 1.807) is 17.2 Å². The van der Waals surface area contributed by atoms with Gasteiger partial charge in [-0.05, 0) is 48.5 Å². The number of hydrogen-bond acceptors (Lipinski definition) is 5. The number of rotatable bonds is 7. The van der Waals surface area contributed by atoms with Crippen LogP contribution in [0, 0.1) is 0 Å². The fourth-order valence-corrected chi connectivity index (χ4v) is 5.08. The molecule has 1 fully saturated rings. The Morgan fingerprint density at radius 2 is 1.91 bits per heavy atom. The Kier molecular flexibility index (Phi) is 6.26. The highest BCUT2D eigenvalue weighted by molar-refractivity contribution is 8.26. The molecular formula is C25H19ClN2O3S2. The second kappa shape index (κ2) is 9.47. The zero-order valence-electron chi connectivity index (χ0n) is 17.4. The molecule has 1 aliphatic heterocycles. The van der Waals surface area contributed by atoms with E-state index in [0.29, 0.717) is 39.7 Å². The van der Waals surface area contributed by atoms with Crippen molar-refractivity contribution in [2.45, 2.75) is 13.1 Å². The van der Waals surface area contributed by atoms with Crippen LogP contribution in [0.4, 0.5) is 0 Å². The summed E-state index contributed by atoms with van der Waals surface area (Å²) < 4.78 is 13.9. The first-order chi connectivity index (χ1) is 16.1. The number of para-hydroxylation sites is 1. The van der Waals surface area contributed by atoms with E-state index in [2.05, 4.69) is 22.9 Å². The summed E-state index contributed by atoms with van der Waals surface area (Å²) >= 11 is 12.7. The van der Waals surface area contributed by atoms with E-state index in [4.69, 9.17) is 33.0 Å². The van der Waals surface area contributed by atoms with Gasteiger partial charge in [0.1, 0.15) is 22.4 Å². The minimum Gasteiger partial charge on any atom is -0.492 e. The van der Waals surface area contributed by atoms with Crippen molar-refractivity contribution in [2.75, 3.05) is 6.61 Å². The van der Waals surface area contributed by atoms with E-state index >= 15 is 0 Å². The van der Waals surface area contributed by atoms with E-state index in [1.807, 2.05) is 48.5 Å². The van der Waals surface area contributed by atoms with Crippen LogP contribution < -0.4 is 4.74 Å². The van der Waals surface area contributed by atoms with Crippen LogP contribution in [-0.2, 0) is 17.9 Å². The summed E-state index contributed by atoms with van der Waals surface area (Å²) in [5, 5.41) is 1.75. The SMILES string of the molecule is O=C1/C(=C/c2cn(CCOc3ccc(Cl)cc3)c3ccccc23)SC(=S)N1Cc1ccco1. The topological polar surface area (TPSA) is 47.6 Å². The van der Waals surface area contributed by atoms with Crippen molar-refractivity contribution in [3.8, 4) is 5.75 Å². The van der Waals surface area contributed by atoms with Gasteiger partial charge in [-0.3, -0.25) is 9.69 Å². The lowest BCUT2D eigenvalue weighted by atomic mass is 10.1. The van der Waals surface area contributed by atoms with Crippen LogP contribution in [-0.4, -0.2) is 26.3 Å². The molecule has 0 saturated carbocycles. The van der Waals surface area contributed by atoms with Crippen molar-refractivity contribution < 1.29 is 13.9 Å². The van der Waals surface area contributed by atoms with Gasteiger partial charge in [-0.25, -0.2) is 0 Å². The Morgan fingerprint density at radius 3 is 2.70 bits per heavy atom. The Morgan fingerprint density at radius 1 is 1.09 bits per heavy atom. The van der Waals surface area contributed by atoms with E-state index in [1.165, 1.54) is 11.8 Å². The standard InChI is InChI=1S/C25H19ClN2O3S2/c26-18-7-9-19(10-8-18)31-13-11-27-15-17(21-5-1-2-6-22(21)27)14-23-24(29)28(25(32)33-23)16-20-4-3-12-30-20/h1-10,12,14-15H,11,13,16H2/b23-14-. The highest BCUT2D eigenvalue weighted by Crippen LogP contribution is 2.35. The van der Waals surface area contributed by atoms with Crippen LogP contribution >= 0.6 is 35.6 Å². The number of thiocarbonyl (C=S) groups is 1. The first kappa shape index (κ1) is 21.8. The molecule has 0 aliphatic carbocycles. The number of nitrogens with zero attached hydrogens (tertiary/aromatic N) is 2. The molecule has 0 bridgehead atoms. The van der Waals surface area contributed by atoms with Gasteiger partial charge in [0.2, 0.25) is 0 Å². The molecule has 3 heterocycles. The van der Waals surface area contributed by atoms with Gasteiger partial charge in [0.25, 0.3) is 5.91 Å². The predicted molar refractivity (Wildman–Crippen MR) is 136 cm³/mol. The van der Waals surface area contributed by atoms with Gasteiger partial charge in [0.15, 0.2) is 0 Å². The largest absolute Gasteiger partial charge is 0.492 e. The van der Waals surface area contributed by atoms with Crippen molar-refractivity contribution in [1.82, 2.24) is 9.47 Å². The second-order valence-corrected chi connectivity index (χ2v) is 9.56. The number of thioether (sulfide) groups is 1. The monoisotopic (exact) mass is 494 g/mol. The van der Waals surface area contributed by atoms with Crippen molar-refractivity contribution in [2.24, 2.45) is 0 Å². The van der Waals surface area contributed by atoms with Crippen molar-refractivity contribution in [3.63, 3.8) is 0 Å². The van der Waals surface area contributed by atoms with Crippen LogP contribution in [0.2, 0.25) is 5.02 Å². The zero-order chi connectivity index (χ0) is 22.8. The fourth-order valence-electron chi connectivity index (χ4n) is 3.70. The molecule has 8 heteroatoms. The summed E-state index contributed by atoms with van der Waals surface area (Å²) in [4.78, 5) is 15.2. The first-order valence-corrected chi connectivity index (χ1v) is 11.9. The number of hydrogen-bond donors (Lipinski definition) is 0. The molecular weight excluding hydrogens is 476 g/mol. The molecule has 33 heavy (non-hydrogen) atoms. The van der Waals surface area contributed by atoms with Gasteiger partial charge < -0.3 is 13.7 Å². The number of furan rings is 1. The average molecular weight is 495 g/mol. The molecule has 166 valence electrons. The molecule has 0 radical (unpaired) electrons. The number of fused-ring (bicyclic) bond motifs is 1. The maximum Gasteiger partial charge on any atom is 0.266 e. The number of carbonyl (C=O) groups excluding carboxylic acids is 1. The van der Waals surface area contributed by atoms with Gasteiger partial charge in [-0.2, -0.15) is 0 Å². The summed E-state index contributed by atoms with van der Waals surface area (Å²) in [7, 11) is 0. The van der Waals surface area contributed by atoms with Gasteiger partial charge in [0.05, 0.1) is 24.3 Å². The summed E-state index contributed by atoms with van der Waals surface area (Å²) in [5.41, 5.74) is 2.05. The fraction of sp³-hybridized carbons (Fsp3) is 0.120. The quantitative estimate of drug-likeness (QED) is 0.221.